The van der Waals surface area contributed by atoms with Gasteiger partial charge >= 0.3 is 0 Å². The van der Waals surface area contributed by atoms with Crippen molar-refractivity contribution in [2.75, 3.05) is 6.54 Å². The fourth-order valence-electron chi connectivity index (χ4n) is 2.14. The second-order valence-corrected chi connectivity index (χ2v) is 5.56. The highest BCUT2D eigenvalue weighted by Gasteiger charge is 2.32. The Hall–Kier alpha value is -0.900. The average Bonchev–Trinajstić information content (AvgIpc) is 2.83. The van der Waals surface area contributed by atoms with Crippen molar-refractivity contribution in [2.24, 2.45) is 5.92 Å². The van der Waals surface area contributed by atoms with Crippen molar-refractivity contribution in [3.63, 3.8) is 0 Å². The monoisotopic (exact) mass is 238 g/mol. The summed E-state index contributed by atoms with van der Waals surface area (Å²) in [5.41, 5.74) is 1.06. The van der Waals surface area contributed by atoms with E-state index in [1.807, 2.05) is 25.7 Å². The first-order chi connectivity index (χ1) is 7.59. The van der Waals surface area contributed by atoms with E-state index in [9.17, 15) is 4.79 Å². The molecule has 0 spiro atoms. The molecular weight excluding hydrogens is 220 g/mol. The molecule has 2 rings (SSSR count). The predicted octanol–water partition coefficient (Wildman–Crippen LogP) is 2.77. The molecule has 0 aromatic carbocycles. The van der Waals surface area contributed by atoms with Gasteiger partial charge in [0.05, 0.1) is 6.04 Å². The minimum atomic E-state index is 0.0849. The van der Waals surface area contributed by atoms with Gasteiger partial charge in [-0.1, -0.05) is 13.8 Å². The zero-order valence-corrected chi connectivity index (χ0v) is 10.9. The number of rotatable bonds is 2. The number of aromatic nitrogens is 1. The Balaban J connectivity index is 2.18. The van der Waals surface area contributed by atoms with E-state index in [4.69, 9.17) is 0 Å². The lowest BCUT2D eigenvalue weighted by atomic mass is 10.1. The van der Waals surface area contributed by atoms with Crippen molar-refractivity contribution in [3.05, 3.63) is 16.1 Å². The summed E-state index contributed by atoms with van der Waals surface area (Å²) in [6, 6.07) is 0.230. The van der Waals surface area contributed by atoms with E-state index in [1.165, 1.54) is 0 Å². The summed E-state index contributed by atoms with van der Waals surface area (Å²) in [5.74, 6) is 0.344. The normalized spacial score (nSPS) is 20.8. The Morgan fingerprint density at radius 3 is 2.94 bits per heavy atom. The number of aryl methyl sites for hydroxylation is 1. The number of hydrogen-bond donors (Lipinski definition) is 0. The van der Waals surface area contributed by atoms with Gasteiger partial charge in [-0.05, 0) is 19.8 Å². The largest absolute Gasteiger partial charge is 0.333 e. The van der Waals surface area contributed by atoms with E-state index in [-0.39, 0.29) is 17.9 Å². The predicted molar refractivity (Wildman–Crippen MR) is 65.4 cm³/mol. The first-order valence-electron chi connectivity index (χ1n) is 5.82. The van der Waals surface area contributed by atoms with Crippen LogP contribution < -0.4 is 0 Å². The number of hydrogen-bond acceptors (Lipinski definition) is 3. The zero-order chi connectivity index (χ0) is 11.7. The van der Waals surface area contributed by atoms with Crippen molar-refractivity contribution < 1.29 is 4.79 Å². The third-order valence-electron chi connectivity index (χ3n) is 2.95. The number of carbonyl (C=O) groups is 1. The third kappa shape index (κ3) is 2.12. The maximum atomic E-state index is 12.0. The fraction of sp³-hybridized carbons (Fsp3) is 0.667. The van der Waals surface area contributed by atoms with Gasteiger partial charge in [0.1, 0.15) is 5.01 Å². The zero-order valence-electron chi connectivity index (χ0n) is 10.1. The van der Waals surface area contributed by atoms with Crippen molar-refractivity contribution in [2.45, 2.75) is 39.7 Å². The summed E-state index contributed by atoms with van der Waals surface area (Å²) in [6.45, 7) is 6.82. The van der Waals surface area contributed by atoms with Crippen LogP contribution in [-0.2, 0) is 4.79 Å². The number of nitrogens with zero attached hydrogens (tertiary/aromatic N) is 2. The van der Waals surface area contributed by atoms with Gasteiger partial charge in [-0.25, -0.2) is 4.98 Å². The topological polar surface area (TPSA) is 33.2 Å². The van der Waals surface area contributed by atoms with E-state index in [0.29, 0.717) is 0 Å². The molecule has 1 atom stereocenters. The molecule has 0 saturated carbocycles. The van der Waals surface area contributed by atoms with Crippen LogP contribution in [0.2, 0.25) is 0 Å². The van der Waals surface area contributed by atoms with Crippen molar-refractivity contribution in [1.82, 2.24) is 9.88 Å². The Morgan fingerprint density at radius 1 is 1.62 bits per heavy atom. The molecule has 16 heavy (non-hydrogen) atoms. The second kappa shape index (κ2) is 4.53. The van der Waals surface area contributed by atoms with Crippen LogP contribution in [0.15, 0.2) is 5.38 Å². The maximum Gasteiger partial charge on any atom is 0.225 e. The van der Waals surface area contributed by atoms with Crippen LogP contribution in [-0.4, -0.2) is 22.3 Å². The molecule has 0 radical (unpaired) electrons. The standard InChI is InChI=1S/C12H18N2OS/c1-8(2)12(15)14-6-4-5-10(14)11-13-9(3)7-16-11/h7-8,10H,4-6H2,1-3H3. The Morgan fingerprint density at radius 2 is 2.38 bits per heavy atom. The number of amides is 1. The molecule has 2 heterocycles. The van der Waals surface area contributed by atoms with Gasteiger partial charge in [-0.2, -0.15) is 0 Å². The summed E-state index contributed by atoms with van der Waals surface area (Å²) in [6.07, 6.45) is 2.16. The molecule has 1 amide bonds. The highest BCUT2D eigenvalue weighted by Crippen LogP contribution is 2.34. The van der Waals surface area contributed by atoms with Crippen LogP contribution >= 0.6 is 11.3 Å². The van der Waals surface area contributed by atoms with Gasteiger partial charge in [-0.3, -0.25) is 4.79 Å². The molecule has 3 nitrogen and oxygen atoms in total. The van der Waals surface area contributed by atoms with Crippen LogP contribution in [0, 0.1) is 12.8 Å². The summed E-state index contributed by atoms with van der Waals surface area (Å²) >= 11 is 1.67. The average molecular weight is 238 g/mol. The Bertz CT molecular complexity index is 386. The molecule has 88 valence electrons. The van der Waals surface area contributed by atoms with Crippen LogP contribution in [0.1, 0.15) is 43.4 Å². The molecule has 0 aliphatic carbocycles. The molecule has 0 N–H and O–H groups in total. The van der Waals surface area contributed by atoms with Crippen molar-refractivity contribution in [1.29, 1.82) is 0 Å². The molecule has 1 aliphatic rings. The summed E-state index contributed by atoms with van der Waals surface area (Å²) in [7, 11) is 0. The molecule has 1 unspecified atom stereocenters. The van der Waals surface area contributed by atoms with E-state index in [2.05, 4.69) is 10.4 Å². The number of carbonyl (C=O) groups excluding carboxylic acids is 1. The number of likely N-dealkylation sites (tertiary alicyclic amines) is 1. The third-order valence-corrected chi connectivity index (χ3v) is 4.02. The molecule has 1 fully saturated rings. The van der Waals surface area contributed by atoms with Crippen LogP contribution in [0.5, 0.6) is 0 Å². The summed E-state index contributed by atoms with van der Waals surface area (Å²) < 4.78 is 0. The molecule has 1 aliphatic heterocycles. The lowest BCUT2D eigenvalue weighted by Crippen LogP contribution is -2.33. The van der Waals surface area contributed by atoms with Gasteiger partial charge in [0.15, 0.2) is 0 Å². The van der Waals surface area contributed by atoms with Crippen molar-refractivity contribution in [3.8, 4) is 0 Å². The first-order valence-corrected chi connectivity index (χ1v) is 6.70. The molecule has 1 aromatic heterocycles. The van der Waals surface area contributed by atoms with Crippen LogP contribution in [0.3, 0.4) is 0 Å². The SMILES string of the molecule is Cc1csc(C2CCCN2C(=O)C(C)C)n1. The summed E-state index contributed by atoms with van der Waals surface area (Å²) in [5, 5.41) is 3.16. The van der Waals surface area contributed by atoms with E-state index < -0.39 is 0 Å². The smallest absolute Gasteiger partial charge is 0.225 e. The lowest BCUT2D eigenvalue weighted by molar-refractivity contribution is -0.135. The summed E-state index contributed by atoms with van der Waals surface area (Å²) in [4.78, 5) is 18.6. The van der Waals surface area contributed by atoms with E-state index in [0.717, 1.165) is 30.1 Å². The van der Waals surface area contributed by atoms with Crippen LogP contribution in [0.25, 0.3) is 0 Å². The lowest BCUT2D eigenvalue weighted by Gasteiger charge is -2.24. The Labute approximate surface area is 100 Å². The Kier molecular flexibility index (Phi) is 3.28. The minimum Gasteiger partial charge on any atom is -0.333 e. The van der Waals surface area contributed by atoms with Gasteiger partial charge in [0.2, 0.25) is 5.91 Å². The first kappa shape index (κ1) is 11.6. The van der Waals surface area contributed by atoms with Gasteiger partial charge in [0.25, 0.3) is 0 Å². The molecule has 4 heteroatoms. The highest BCUT2D eigenvalue weighted by molar-refractivity contribution is 7.09. The van der Waals surface area contributed by atoms with Gasteiger partial charge in [-0.15, -0.1) is 11.3 Å². The minimum absolute atomic E-state index is 0.0849. The molecule has 0 bridgehead atoms. The maximum absolute atomic E-state index is 12.0. The van der Waals surface area contributed by atoms with Gasteiger partial charge in [0, 0.05) is 23.5 Å². The molecule has 1 saturated heterocycles. The quantitative estimate of drug-likeness (QED) is 0.793. The second-order valence-electron chi connectivity index (χ2n) is 4.67. The molecule has 1 aromatic rings. The van der Waals surface area contributed by atoms with Crippen LogP contribution in [0.4, 0.5) is 0 Å². The van der Waals surface area contributed by atoms with E-state index >= 15 is 0 Å². The highest BCUT2D eigenvalue weighted by atomic mass is 32.1. The number of thiazole rings is 1. The van der Waals surface area contributed by atoms with E-state index in [1.54, 1.807) is 11.3 Å². The van der Waals surface area contributed by atoms with Crippen molar-refractivity contribution >= 4 is 17.2 Å². The molecular formula is C12H18N2OS. The fourth-order valence-corrected chi connectivity index (χ4v) is 3.09. The van der Waals surface area contributed by atoms with Gasteiger partial charge < -0.3 is 4.90 Å².